The predicted molar refractivity (Wildman–Crippen MR) is 66.3 cm³/mol. The molecule has 1 unspecified atom stereocenters. The van der Waals surface area contributed by atoms with E-state index in [1.807, 2.05) is 11.9 Å². The van der Waals surface area contributed by atoms with Crippen LogP contribution < -0.4 is 5.32 Å². The Morgan fingerprint density at radius 3 is 2.39 bits per heavy atom. The molecule has 2 nitrogen and oxygen atoms in total. The fraction of sp³-hybridized carbons (Fsp3) is 0.500. The van der Waals surface area contributed by atoms with Gasteiger partial charge in [0.05, 0.1) is 0 Å². The first-order chi connectivity index (χ1) is 8.08. The average molecular weight is 281 g/mol. The molecule has 0 amide bonds. The summed E-state index contributed by atoms with van der Waals surface area (Å²) in [7, 11) is 1.90. The van der Waals surface area contributed by atoms with Gasteiger partial charge in [-0.1, -0.05) is 0 Å². The van der Waals surface area contributed by atoms with Crippen molar-refractivity contribution in [3.05, 3.63) is 35.1 Å². The zero-order chi connectivity index (χ0) is 12.4. The number of rotatable bonds is 3. The molecule has 0 spiro atoms. The molecule has 1 aromatic carbocycles. The van der Waals surface area contributed by atoms with E-state index in [9.17, 15) is 13.2 Å². The van der Waals surface area contributed by atoms with Crippen LogP contribution in [0.5, 0.6) is 0 Å². The van der Waals surface area contributed by atoms with Gasteiger partial charge in [0.25, 0.3) is 0 Å². The van der Waals surface area contributed by atoms with E-state index in [0.717, 1.165) is 31.6 Å². The highest BCUT2D eigenvalue weighted by Crippen LogP contribution is 2.16. The zero-order valence-corrected chi connectivity index (χ0v) is 10.9. The van der Waals surface area contributed by atoms with Crippen LogP contribution in [-0.2, 0) is 6.54 Å². The van der Waals surface area contributed by atoms with Crippen molar-refractivity contribution in [3.8, 4) is 0 Å². The van der Waals surface area contributed by atoms with Crippen LogP contribution in [0.2, 0.25) is 0 Å². The highest BCUT2D eigenvalue weighted by atomic mass is 35.5. The third-order valence-corrected chi connectivity index (χ3v) is 3.13. The summed E-state index contributed by atoms with van der Waals surface area (Å²) in [6, 6.07) is 2.47. The van der Waals surface area contributed by atoms with Gasteiger partial charge in [0.1, 0.15) is 0 Å². The molecular weight excluding hydrogens is 265 g/mol. The first kappa shape index (κ1) is 15.3. The number of likely N-dealkylation sites (N-methyl/N-ethyl adjacent to an activating group) is 1. The van der Waals surface area contributed by atoms with E-state index in [-0.39, 0.29) is 12.4 Å². The van der Waals surface area contributed by atoms with Gasteiger partial charge >= 0.3 is 0 Å². The maximum Gasteiger partial charge on any atom is 0.194 e. The number of nitrogens with zero attached hydrogens (tertiary/aromatic N) is 1. The van der Waals surface area contributed by atoms with Crippen molar-refractivity contribution in [3.63, 3.8) is 0 Å². The van der Waals surface area contributed by atoms with Crippen LogP contribution in [-0.4, -0.2) is 31.1 Å². The van der Waals surface area contributed by atoms with E-state index in [2.05, 4.69) is 5.32 Å². The number of hydrogen-bond acceptors (Lipinski definition) is 2. The van der Waals surface area contributed by atoms with Crippen molar-refractivity contribution in [1.29, 1.82) is 0 Å². The van der Waals surface area contributed by atoms with Crippen LogP contribution in [0.15, 0.2) is 12.1 Å². The first-order valence-electron chi connectivity index (χ1n) is 5.62. The average Bonchev–Trinajstić information content (AvgIpc) is 2.79. The van der Waals surface area contributed by atoms with Gasteiger partial charge in [-0.2, -0.15) is 0 Å². The molecule has 0 bridgehead atoms. The molecule has 1 aliphatic heterocycles. The summed E-state index contributed by atoms with van der Waals surface area (Å²) in [5.74, 6) is -3.66. The zero-order valence-electron chi connectivity index (χ0n) is 10.0. The highest BCUT2D eigenvalue weighted by Gasteiger charge is 2.20. The summed E-state index contributed by atoms with van der Waals surface area (Å²) in [5.41, 5.74) is 0.454. The topological polar surface area (TPSA) is 15.3 Å². The van der Waals surface area contributed by atoms with E-state index in [1.54, 1.807) is 0 Å². The van der Waals surface area contributed by atoms with E-state index < -0.39 is 17.5 Å². The number of benzene rings is 1. The Bertz CT molecular complexity index is 385. The van der Waals surface area contributed by atoms with Crippen LogP contribution in [0.3, 0.4) is 0 Å². The Morgan fingerprint density at radius 2 is 1.89 bits per heavy atom. The minimum atomic E-state index is -1.40. The number of halogens is 4. The fourth-order valence-electron chi connectivity index (χ4n) is 2.13. The molecule has 6 heteroatoms. The van der Waals surface area contributed by atoms with Crippen LogP contribution in [0, 0.1) is 17.5 Å². The quantitative estimate of drug-likeness (QED) is 0.855. The largest absolute Gasteiger partial charge is 0.315 e. The third-order valence-electron chi connectivity index (χ3n) is 3.13. The van der Waals surface area contributed by atoms with Gasteiger partial charge in [0.15, 0.2) is 17.5 Å². The van der Waals surface area contributed by atoms with E-state index in [4.69, 9.17) is 0 Å². The fourth-order valence-corrected chi connectivity index (χ4v) is 2.13. The lowest BCUT2D eigenvalue weighted by Crippen LogP contribution is -2.32. The van der Waals surface area contributed by atoms with Crippen molar-refractivity contribution < 1.29 is 13.2 Å². The Hall–Kier alpha value is -0.780. The van der Waals surface area contributed by atoms with Gasteiger partial charge in [-0.3, -0.25) is 4.90 Å². The minimum absolute atomic E-state index is 0. The molecule has 1 N–H and O–H groups in total. The molecule has 18 heavy (non-hydrogen) atoms. The first-order valence-corrected chi connectivity index (χ1v) is 5.62. The number of nitrogens with one attached hydrogen (secondary N) is 1. The molecule has 1 heterocycles. The Balaban J connectivity index is 0.00000162. The summed E-state index contributed by atoms with van der Waals surface area (Å²) >= 11 is 0. The Labute approximate surface area is 111 Å². The van der Waals surface area contributed by atoms with E-state index in [0.29, 0.717) is 18.2 Å². The van der Waals surface area contributed by atoms with E-state index in [1.165, 1.54) is 0 Å². The van der Waals surface area contributed by atoms with Crippen molar-refractivity contribution >= 4 is 12.4 Å². The lowest BCUT2D eigenvalue weighted by atomic mass is 10.1. The Kier molecular flexibility index (Phi) is 5.44. The van der Waals surface area contributed by atoms with Crippen LogP contribution in [0.4, 0.5) is 13.2 Å². The normalized spacial score (nSPS) is 19.1. The number of hydrogen-bond donors (Lipinski definition) is 1. The molecule has 2 rings (SSSR count). The monoisotopic (exact) mass is 280 g/mol. The van der Waals surface area contributed by atoms with Gasteiger partial charge < -0.3 is 5.32 Å². The molecule has 0 radical (unpaired) electrons. The molecule has 102 valence electrons. The lowest BCUT2D eigenvalue weighted by Gasteiger charge is -2.23. The van der Waals surface area contributed by atoms with Crippen molar-refractivity contribution in [2.24, 2.45) is 0 Å². The summed E-state index contributed by atoms with van der Waals surface area (Å²) in [6.45, 7) is 2.25. The van der Waals surface area contributed by atoms with Gasteiger partial charge in [-0.15, -0.1) is 12.4 Å². The summed E-state index contributed by atoms with van der Waals surface area (Å²) in [5, 5.41) is 3.22. The SMILES string of the molecule is CN(Cc1cc(F)c(F)c(F)c1)C1CCNC1.Cl. The molecule has 0 aliphatic carbocycles. The maximum absolute atomic E-state index is 13.0. The molecule has 1 atom stereocenters. The lowest BCUT2D eigenvalue weighted by molar-refractivity contribution is 0.248. The summed E-state index contributed by atoms with van der Waals surface area (Å²) in [6.07, 6.45) is 1.02. The van der Waals surface area contributed by atoms with Crippen LogP contribution in [0.1, 0.15) is 12.0 Å². The second-order valence-corrected chi connectivity index (χ2v) is 4.44. The molecule has 1 saturated heterocycles. The molecular formula is C12H16ClF3N2. The second kappa shape index (κ2) is 6.41. The Morgan fingerprint density at radius 1 is 1.28 bits per heavy atom. The summed E-state index contributed by atoms with van der Waals surface area (Å²) < 4.78 is 38.8. The second-order valence-electron chi connectivity index (χ2n) is 4.44. The molecule has 1 aromatic rings. The van der Waals surface area contributed by atoms with Crippen molar-refractivity contribution in [1.82, 2.24) is 10.2 Å². The summed E-state index contributed by atoms with van der Waals surface area (Å²) in [4.78, 5) is 2.02. The van der Waals surface area contributed by atoms with Crippen LogP contribution in [0.25, 0.3) is 0 Å². The molecule has 0 aromatic heterocycles. The predicted octanol–water partition coefficient (Wildman–Crippen LogP) is 2.32. The standard InChI is InChI=1S/C12H15F3N2.ClH/c1-17(9-2-3-16-6-9)7-8-4-10(13)12(15)11(14)5-8;/h4-5,9,16H,2-3,6-7H2,1H3;1H. The highest BCUT2D eigenvalue weighted by molar-refractivity contribution is 5.85. The molecule has 1 fully saturated rings. The third kappa shape index (κ3) is 3.37. The van der Waals surface area contributed by atoms with Gasteiger partial charge in [-0.05, 0) is 37.7 Å². The minimum Gasteiger partial charge on any atom is -0.315 e. The van der Waals surface area contributed by atoms with E-state index >= 15 is 0 Å². The van der Waals surface area contributed by atoms with Crippen molar-refractivity contribution in [2.75, 3.05) is 20.1 Å². The molecule has 0 saturated carbocycles. The van der Waals surface area contributed by atoms with Gasteiger partial charge in [-0.25, -0.2) is 13.2 Å². The van der Waals surface area contributed by atoms with Crippen LogP contribution >= 0.6 is 12.4 Å². The van der Waals surface area contributed by atoms with Crippen molar-refractivity contribution in [2.45, 2.75) is 19.0 Å². The van der Waals surface area contributed by atoms with Gasteiger partial charge in [0, 0.05) is 19.1 Å². The van der Waals surface area contributed by atoms with Gasteiger partial charge in [0.2, 0.25) is 0 Å². The maximum atomic E-state index is 13.0. The molecule has 1 aliphatic rings. The smallest absolute Gasteiger partial charge is 0.194 e.